The molecule has 0 spiro atoms. The van der Waals surface area contributed by atoms with E-state index in [0.717, 1.165) is 12.5 Å². The fourth-order valence-corrected chi connectivity index (χ4v) is 1.33. The van der Waals surface area contributed by atoms with Crippen LogP contribution in [0.5, 0.6) is 0 Å². The molecule has 0 saturated carbocycles. The molecule has 2 heteroatoms. The normalized spacial score (nSPS) is 25.9. The van der Waals surface area contributed by atoms with Crippen LogP contribution in [-0.4, -0.2) is 24.5 Å². The standard InChI is InChI=1S/C8H14N2/c1-8-3-6-10(7-8)5-2-4-9/h8H,3,5-7,9H2,1H3. The van der Waals surface area contributed by atoms with E-state index in [4.69, 9.17) is 5.73 Å². The van der Waals surface area contributed by atoms with Crippen molar-refractivity contribution in [2.45, 2.75) is 13.3 Å². The number of hydrogen-bond acceptors (Lipinski definition) is 2. The van der Waals surface area contributed by atoms with Gasteiger partial charge in [-0.15, -0.1) is 0 Å². The number of likely N-dealkylation sites (tertiary alicyclic amines) is 1. The summed E-state index contributed by atoms with van der Waals surface area (Å²) in [5, 5.41) is 0. The molecule has 0 aromatic rings. The van der Waals surface area contributed by atoms with E-state index in [1.165, 1.54) is 19.5 Å². The summed E-state index contributed by atoms with van der Waals surface area (Å²) in [6, 6.07) is 2.42. The predicted octanol–water partition coefficient (Wildman–Crippen LogP) is 0.248. The van der Waals surface area contributed by atoms with Gasteiger partial charge in [-0.1, -0.05) is 12.8 Å². The van der Waals surface area contributed by atoms with Crippen LogP contribution in [-0.2, 0) is 0 Å². The monoisotopic (exact) mass is 138 g/mol. The molecule has 1 heterocycles. The van der Waals surface area contributed by atoms with Crippen LogP contribution in [0.4, 0.5) is 0 Å². The molecule has 1 rings (SSSR count). The topological polar surface area (TPSA) is 29.3 Å². The number of nitrogens with zero attached hydrogens (tertiary/aromatic N) is 1. The number of hydrogen-bond donors (Lipinski definition) is 1. The van der Waals surface area contributed by atoms with Crippen LogP contribution in [0, 0.1) is 17.9 Å². The Hall–Kier alpha value is -0.680. The van der Waals surface area contributed by atoms with Gasteiger partial charge in [0.2, 0.25) is 0 Å². The first kappa shape index (κ1) is 7.43. The third kappa shape index (κ3) is 1.93. The Morgan fingerprint density at radius 3 is 3.00 bits per heavy atom. The summed E-state index contributed by atoms with van der Waals surface area (Å²) >= 11 is 0. The lowest BCUT2D eigenvalue weighted by Crippen LogP contribution is -2.20. The summed E-state index contributed by atoms with van der Waals surface area (Å²) in [6.45, 7) is 5.50. The zero-order valence-electron chi connectivity index (χ0n) is 6.43. The first-order valence-electron chi connectivity index (χ1n) is 3.73. The summed E-state index contributed by atoms with van der Waals surface area (Å²) in [7, 11) is 0. The van der Waals surface area contributed by atoms with E-state index < -0.39 is 0 Å². The van der Waals surface area contributed by atoms with Crippen LogP contribution >= 0.6 is 0 Å². The summed E-state index contributed by atoms with van der Waals surface area (Å²) in [6.07, 6.45) is 1.31. The van der Waals surface area contributed by atoms with Gasteiger partial charge >= 0.3 is 0 Å². The SMILES string of the molecule is CC1CCN(CC#CN)C1. The van der Waals surface area contributed by atoms with Gasteiger partial charge in [0.25, 0.3) is 0 Å². The molecule has 1 aliphatic heterocycles. The van der Waals surface area contributed by atoms with Gasteiger partial charge in [0.1, 0.15) is 0 Å². The quantitative estimate of drug-likeness (QED) is 0.415. The molecule has 0 aromatic carbocycles. The second-order valence-corrected chi connectivity index (χ2v) is 2.95. The third-order valence-corrected chi connectivity index (χ3v) is 1.91. The molecule has 1 saturated heterocycles. The van der Waals surface area contributed by atoms with E-state index in [-0.39, 0.29) is 0 Å². The lowest BCUT2D eigenvalue weighted by atomic mass is 10.2. The molecular formula is C8H14N2. The minimum Gasteiger partial charge on any atom is -0.359 e. The summed E-state index contributed by atoms with van der Waals surface area (Å²) in [5.41, 5.74) is 5.05. The van der Waals surface area contributed by atoms with Crippen molar-refractivity contribution in [3.8, 4) is 12.0 Å². The van der Waals surface area contributed by atoms with Gasteiger partial charge in [-0.3, -0.25) is 4.90 Å². The zero-order chi connectivity index (χ0) is 7.40. The lowest BCUT2D eigenvalue weighted by molar-refractivity contribution is 0.369. The Morgan fingerprint density at radius 1 is 1.70 bits per heavy atom. The minimum absolute atomic E-state index is 0.847. The zero-order valence-corrected chi connectivity index (χ0v) is 6.43. The van der Waals surface area contributed by atoms with Crippen molar-refractivity contribution in [2.24, 2.45) is 11.7 Å². The van der Waals surface area contributed by atoms with Crippen LogP contribution in [0.25, 0.3) is 0 Å². The molecule has 1 unspecified atom stereocenters. The van der Waals surface area contributed by atoms with Gasteiger partial charge in [-0.25, -0.2) is 0 Å². The van der Waals surface area contributed by atoms with Gasteiger partial charge in [0.15, 0.2) is 0 Å². The Kier molecular flexibility index (Phi) is 2.58. The average molecular weight is 138 g/mol. The first-order valence-corrected chi connectivity index (χ1v) is 3.73. The second kappa shape index (κ2) is 3.48. The van der Waals surface area contributed by atoms with Crippen LogP contribution in [0.1, 0.15) is 13.3 Å². The Labute approximate surface area is 62.4 Å². The maximum absolute atomic E-state index is 5.05. The molecule has 1 atom stereocenters. The molecule has 2 N–H and O–H groups in total. The molecule has 0 aliphatic carbocycles. The van der Waals surface area contributed by atoms with E-state index in [1.807, 2.05) is 0 Å². The van der Waals surface area contributed by atoms with Crippen molar-refractivity contribution in [3.63, 3.8) is 0 Å². The van der Waals surface area contributed by atoms with Crippen molar-refractivity contribution in [1.82, 2.24) is 4.90 Å². The van der Waals surface area contributed by atoms with E-state index in [1.54, 1.807) is 0 Å². The smallest absolute Gasteiger partial charge is 0.0620 e. The van der Waals surface area contributed by atoms with E-state index in [2.05, 4.69) is 23.8 Å². The Bertz CT molecular complexity index is 154. The molecule has 56 valence electrons. The highest BCUT2D eigenvalue weighted by Gasteiger charge is 2.16. The summed E-state index contributed by atoms with van der Waals surface area (Å²) in [4.78, 5) is 2.34. The van der Waals surface area contributed by atoms with Crippen molar-refractivity contribution >= 4 is 0 Å². The van der Waals surface area contributed by atoms with Crippen molar-refractivity contribution in [1.29, 1.82) is 0 Å². The lowest BCUT2D eigenvalue weighted by Gasteiger charge is -2.09. The van der Waals surface area contributed by atoms with Crippen LogP contribution < -0.4 is 5.73 Å². The Morgan fingerprint density at radius 2 is 2.50 bits per heavy atom. The van der Waals surface area contributed by atoms with E-state index in [9.17, 15) is 0 Å². The minimum atomic E-state index is 0.847. The summed E-state index contributed by atoms with van der Waals surface area (Å²) in [5.74, 6) is 3.71. The van der Waals surface area contributed by atoms with Crippen LogP contribution in [0.2, 0.25) is 0 Å². The molecule has 2 nitrogen and oxygen atoms in total. The number of nitrogens with two attached hydrogens (primary N) is 1. The van der Waals surface area contributed by atoms with Gasteiger partial charge < -0.3 is 5.73 Å². The highest BCUT2D eigenvalue weighted by Crippen LogP contribution is 2.13. The van der Waals surface area contributed by atoms with Crippen molar-refractivity contribution in [2.75, 3.05) is 19.6 Å². The summed E-state index contributed by atoms with van der Waals surface area (Å²) < 4.78 is 0. The molecule has 0 radical (unpaired) electrons. The maximum atomic E-state index is 5.05. The van der Waals surface area contributed by atoms with Crippen molar-refractivity contribution < 1.29 is 0 Å². The van der Waals surface area contributed by atoms with Crippen LogP contribution in [0.15, 0.2) is 0 Å². The third-order valence-electron chi connectivity index (χ3n) is 1.91. The largest absolute Gasteiger partial charge is 0.359 e. The fraction of sp³-hybridized carbons (Fsp3) is 0.750. The molecule has 10 heavy (non-hydrogen) atoms. The second-order valence-electron chi connectivity index (χ2n) is 2.95. The first-order chi connectivity index (χ1) is 4.83. The predicted molar refractivity (Wildman–Crippen MR) is 42.2 cm³/mol. The molecule has 0 aromatic heterocycles. The molecule has 0 bridgehead atoms. The van der Waals surface area contributed by atoms with Gasteiger partial charge in [-0.05, 0) is 18.9 Å². The Balaban J connectivity index is 2.22. The highest BCUT2D eigenvalue weighted by atomic mass is 15.1. The maximum Gasteiger partial charge on any atom is 0.0620 e. The van der Waals surface area contributed by atoms with Crippen molar-refractivity contribution in [3.05, 3.63) is 0 Å². The van der Waals surface area contributed by atoms with Gasteiger partial charge in [-0.2, -0.15) is 0 Å². The highest BCUT2D eigenvalue weighted by molar-refractivity contribution is 4.97. The van der Waals surface area contributed by atoms with Gasteiger partial charge in [0, 0.05) is 12.6 Å². The molecule has 1 aliphatic rings. The van der Waals surface area contributed by atoms with Gasteiger partial charge in [0.05, 0.1) is 6.54 Å². The fourth-order valence-electron chi connectivity index (χ4n) is 1.33. The molecular weight excluding hydrogens is 124 g/mol. The van der Waals surface area contributed by atoms with Crippen LogP contribution in [0.3, 0.4) is 0 Å². The number of rotatable bonds is 1. The molecule has 1 fully saturated rings. The average Bonchev–Trinajstić information content (AvgIpc) is 2.31. The van der Waals surface area contributed by atoms with E-state index in [0.29, 0.717) is 0 Å². The van der Waals surface area contributed by atoms with E-state index >= 15 is 0 Å². The molecule has 0 amide bonds.